The Morgan fingerprint density at radius 1 is 1.47 bits per heavy atom. The second-order valence-electron chi connectivity index (χ2n) is 2.93. The van der Waals surface area contributed by atoms with E-state index in [4.69, 9.17) is 5.73 Å². The van der Waals surface area contributed by atoms with Gasteiger partial charge in [-0.1, -0.05) is 12.2 Å². The highest BCUT2D eigenvalue weighted by Crippen LogP contribution is 1.85. The molecule has 0 aliphatic heterocycles. The van der Waals surface area contributed by atoms with Gasteiger partial charge in [0.05, 0.1) is 0 Å². The quantitative estimate of drug-likeness (QED) is 0.706. The first-order valence-electron chi connectivity index (χ1n) is 4.30. The lowest BCUT2D eigenvalue weighted by atomic mass is 10.4. The van der Waals surface area contributed by atoms with Crippen LogP contribution in [0.3, 0.4) is 0 Å². The average molecular weight is 232 g/mol. The van der Waals surface area contributed by atoms with Crippen LogP contribution >= 0.6 is 12.4 Å². The molecule has 15 heavy (non-hydrogen) atoms. The van der Waals surface area contributed by atoms with E-state index in [-0.39, 0.29) is 18.0 Å². The molecule has 0 aromatic carbocycles. The number of allylic oxidation sites excluding steroid dienone is 1. The van der Waals surface area contributed by atoms with E-state index >= 15 is 0 Å². The van der Waals surface area contributed by atoms with Crippen molar-refractivity contribution in [2.24, 2.45) is 5.73 Å². The van der Waals surface area contributed by atoms with Crippen molar-refractivity contribution < 1.29 is 0 Å². The van der Waals surface area contributed by atoms with Crippen LogP contribution in [0.1, 0.15) is 5.56 Å². The number of rotatable bonds is 3. The lowest BCUT2D eigenvalue weighted by Crippen LogP contribution is -2.30. The van der Waals surface area contributed by atoms with Crippen molar-refractivity contribution in [1.82, 2.24) is 9.55 Å². The summed E-state index contributed by atoms with van der Waals surface area (Å²) in [5, 5.41) is 0. The van der Waals surface area contributed by atoms with E-state index in [9.17, 15) is 9.59 Å². The molecular formula is C9H14ClN3O2. The number of hydrogen-bond acceptors (Lipinski definition) is 3. The first-order chi connectivity index (χ1) is 6.65. The summed E-state index contributed by atoms with van der Waals surface area (Å²) in [6.07, 6.45) is 5.06. The Kier molecular flexibility index (Phi) is 5.66. The maximum Gasteiger partial charge on any atom is 0.328 e. The van der Waals surface area contributed by atoms with Gasteiger partial charge in [-0.05, 0) is 6.92 Å². The molecule has 0 spiro atoms. The molecule has 1 heterocycles. The van der Waals surface area contributed by atoms with Crippen LogP contribution in [0, 0.1) is 6.92 Å². The SMILES string of the molecule is Cc1cn(C/C=C\CN)c(=O)[nH]c1=O.Cl. The zero-order chi connectivity index (χ0) is 10.6. The zero-order valence-corrected chi connectivity index (χ0v) is 9.21. The molecule has 0 fully saturated rings. The van der Waals surface area contributed by atoms with E-state index < -0.39 is 5.69 Å². The summed E-state index contributed by atoms with van der Waals surface area (Å²) in [6, 6.07) is 0. The predicted molar refractivity (Wildman–Crippen MR) is 61.5 cm³/mol. The molecule has 0 atom stereocenters. The highest BCUT2D eigenvalue weighted by atomic mass is 35.5. The van der Waals surface area contributed by atoms with Crippen molar-refractivity contribution in [2.75, 3.05) is 6.54 Å². The van der Waals surface area contributed by atoms with Crippen LogP contribution in [-0.4, -0.2) is 16.1 Å². The summed E-state index contributed by atoms with van der Waals surface area (Å²) in [5.74, 6) is 0. The van der Waals surface area contributed by atoms with E-state index in [0.29, 0.717) is 18.7 Å². The van der Waals surface area contributed by atoms with Crippen molar-refractivity contribution in [3.63, 3.8) is 0 Å². The Morgan fingerprint density at radius 3 is 2.73 bits per heavy atom. The van der Waals surface area contributed by atoms with Gasteiger partial charge in [0.25, 0.3) is 5.56 Å². The van der Waals surface area contributed by atoms with Gasteiger partial charge in [-0.15, -0.1) is 12.4 Å². The molecule has 1 aromatic rings. The second kappa shape index (κ2) is 6.21. The molecule has 1 rings (SSSR count). The number of nitrogens with zero attached hydrogens (tertiary/aromatic N) is 1. The van der Waals surface area contributed by atoms with Crippen LogP contribution in [-0.2, 0) is 6.54 Å². The monoisotopic (exact) mass is 231 g/mol. The summed E-state index contributed by atoms with van der Waals surface area (Å²) in [6.45, 7) is 2.52. The zero-order valence-electron chi connectivity index (χ0n) is 8.40. The molecule has 1 aromatic heterocycles. The fourth-order valence-electron chi connectivity index (χ4n) is 1.04. The van der Waals surface area contributed by atoms with Gasteiger partial charge in [0.15, 0.2) is 0 Å². The number of hydrogen-bond donors (Lipinski definition) is 2. The van der Waals surface area contributed by atoms with Crippen LogP contribution in [0.15, 0.2) is 27.9 Å². The van der Waals surface area contributed by atoms with Gasteiger partial charge in [0.1, 0.15) is 0 Å². The van der Waals surface area contributed by atoms with E-state index in [2.05, 4.69) is 4.98 Å². The van der Waals surface area contributed by atoms with E-state index in [1.807, 2.05) is 0 Å². The maximum absolute atomic E-state index is 11.2. The highest BCUT2D eigenvalue weighted by molar-refractivity contribution is 5.85. The summed E-state index contributed by atoms with van der Waals surface area (Å²) in [7, 11) is 0. The molecule has 0 amide bonds. The summed E-state index contributed by atoms with van der Waals surface area (Å²) < 4.78 is 1.42. The lowest BCUT2D eigenvalue weighted by Gasteiger charge is -2.01. The second-order valence-corrected chi connectivity index (χ2v) is 2.93. The summed E-state index contributed by atoms with van der Waals surface area (Å²) >= 11 is 0. The van der Waals surface area contributed by atoms with Crippen molar-refractivity contribution in [1.29, 1.82) is 0 Å². The molecule has 5 nitrogen and oxygen atoms in total. The van der Waals surface area contributed by atoms with Gasteiger partial charge in [-0.25, -0.2) is 4.79 Å². The van der Waals surface area contributed by atoms with Gasteiger partial charge < -0.3 is 5.73 Å². The van der Waals surface area contributed by atoms with E-state index in [1.165, 1.54) is 10.8 Å². The van der Waals surface area contributed by atoms with E-state index in [1.54, 1.807) is 19.1 Å². The minimum atomic E-state index is -0.401. The molecule has 0 radical (unpaired) electrons. The Hall–Kier alpha value is -1.33. The number of aromatic amines is 1. The van der Waals surface area contributed by atoms with Gasteiger partial charge >= 0.3 is 5.69 Å². The largest absolute Gasteiger partial charge is 0.328 e. The number of aryl methyl sites for hydroxylation is 1. The molecule has 84 valence electrons. The van der Waals surface area contributed by atoms with Crippen LogP contribution in [0.2, 0.25) is 0 Å². The van der Waals surface area contributed by atoms with Crippen molar-refractivity contribution in [2.45, 2.75) is 13.5 Å². The number of aromatic nitrogens is 2. The average Bonchev–Trinajstić information content (AvgIpc) is 2.14. The van der Waals surface area contributed by atoms with Crippen LogP contribution in [0.5, 0.6) is 0 Å². The molecule has 0 aliphatic rings. The summed E-state index contributed by atoms with van der Waals surface area (Å²) in [4.78, 5) is 24.5. The Morgan fingerprint density at radius 2 is 2.13 bits per heavy atom. The molecule has 0 aliphatic carbocycles. The predicted octanol–water partition coefficient (Wildman–Crippen LogP) is -0.218. The van der Waals surface area contributed by atoms with Crippen LogP contribution in [0.25, 0.3) is 0 Å². The van der Waals surface area contributed by atoms with Crippen LogP contribution < -0.4 is 17.0 Å². The summed E-state index contributed by atoms with van der Waals surface area (Å²) in [5.41, 5.74) is 5.03. The molecule has 0 unspecified atom stereocenters. The number of halogens is 1. The maximum atomic E-state index is 11.2. The fraction of sp³-hybridized carbons (Fsp3) is 0.333. The number of H-pyrrole nitrogens is 1. The molecule has 0 saturated heterocycles. The van der Waals surface area contributed by atoms with E-state index in [0.717, 1.165) is 0 Å². The fourth-order valence-corrected chi connectivity index (χ4v) is 1.04. The first kappa shape index (κ1) is 13.7. The van der Waals surface area contributed by atoms with Crippen molar-refractivity contribution >= 4 is 12.4 Å². The Labute approximate surface area is 93.0 Å². The topological polar surface area (TPSA) is 80.9 Å². The minimum Gasteiger partial charge on any atom is -0.327 e. The Balaban J connectivity index is 0.00000196. The molecular weight excluding hydrogens is 218 g/mol. The standard InChI is InChI=1S/C9H13N3O2.ClH/c1-7-6-12(5-3-2-4-10)9(14)11-8(7)13;/h2-3,6H,4-5,10H2,1H3,(H,11,13,14);1H/b3-2-;. The lowest BCUT2D eigenvalue weighted by molar-refractivity contribution is 0.727. The number of nitrogens with two attached hydrogens (primary N) is 1. The van der Waals surface area contributed by atoms with Gasteiger partial charge in [-0.2, -0.15) is 0 Å². The molecule has 0 bridgehead atoms. The molecule has 0 saturated carbocycles. The van der Waals surface area contributed by atoms with Crippen molar-refractivity contribution in [3.05, 3.63) is 44.8 Å². The highest BCUT2D eigenvalue weighted by Gasteiger charge is 1.97. The van der Waals surface area contributed by atoms with Crippen LogP contribution in [0.4, 0.5) is 0 Å². The molecule has 3 N–H and O–H groups in total. The van der Waals surface area contributed by atoms with Gasteiger partial charge in [0, 0.05) is 24.8 Å². The van der Waals surface area contributed by atoms with Crippen molar-refractivity contribution in [3.8, 4) is 0 Å². The van der Waals surface area contributed by atoms with Gasteiger partial charge in [0.2, 0.25) is 0 Å². The van der Waals surface area contributed by atoms with Gasteiger partial charge in [-0.3, -0.25) is 14.3 Å². The Bertz CT molecular complexity index is 447. The first-order valence-corrected chi connectivity index (χ1v) is 4.30. The smallest absolute Gasteiger partial charge is 0.327 e. The molecule has 6 heteroatoms. The number of nitrogens with one attached hydrogen (secondary N) is 1. The third-order valence-corrected chi connectivity index (χ3v) is 1.79. The minimum absolute atomic E-state index is 0. The third kappa shape index (κ3) is 3.73. The normalized spacial score (nSPS) is 10.3. The third-order valence-electron chi connectivity index (χ3n) is 1.79.